The predicted molar refractivity (Wildman–Crippen MR) is 37.2 cm³/mol. The summed E-state index contributed by atoms with van der Waals surface area (Å²) >= 11 is 0. The molecule has 0 bridgehead atoms. The number of rotatable bonds is 0. The average molecular weight is 164 g/mol. The van der Waals surface area contributed by atoms with E-state index in [1.54, 1.807) is 0 Å². The van der Waals surface area contributed by atoms with Gasteiger partial charge in [0.2, 0.25) is 5.78 Å². The Morgan fingerprint density at radius 2 is 1.92 bits per heavy atom. The van der Waals surface area contributed by atoms with Crippen molar-refractivity contribution in [2.45, 2.75) is 0 Å². The van der Waals surface area contributed by atoms with E-state index in [-0.39, 0.29) is 17.0 Å². The van der Waals surface area contributed by atoms with Gasteiger partial charge in [-0.25, -0.2) is 0 Å². The van der Waals surface area contributed by atoms with Gasteiger partial charge in [0.25, 0.3) is 0 Å². The Kier molecular flexibility index (Phi) is 1.15. The highest BCUT2D eigenvalue weighted by molar-refractivity contribution is 6.21. The molecule has 0 radical (unpaired) electrons. The second kappa shape index (κ2) is 2.04. The number of carbonyl (C=O) groups is 2. The normalized spacial score (nSPS) is 15.0. The van der Waals surface area contributed by atoms with Crippen LogP contribution in [0.25, 0.3) is 0 Å². The maximum absolute atomic E-state index is 11.1. The largest absolute Gasteiger partial charge is 0.411 e. The second-order valence-electron chi connectivity index (χ2n) is 2.36. The molecule has 0 fully saturated rings. The van der Waals surface area contributed by atoms with E-state index in [0.717, 1.165) is 12.2 Å². The molecular formula is C7H4N2O3. The summed E-state index contributed by atoms with van der Waals surface area (Å²) in [6, 6.07) is 0. The lowest BCUT2D eigenvalue weighted by Crippen LogP contribution is -2.14. The van der Waals surface area contributed by atoms with E-state index in [2.05, 4.69) is 5.10 Å². The SMILES string of the molecule is O=C1C=CC(=O)c2c1cnn2O. The molecule has 0 saturated heterocycles. The van der Waals surface area contributed by atoms with E-state index in [9.17, 15) is 9.59 Å². The van der Waals surface area contributed by atoms with Crippen LogP contribution in [0.3, 0.4) is 0 Å². The quantitative estimate of drug-likeness (QED) is 0.550. The van der Waals surface area contributed by atoms with Crippen LogP contribution in [-0.2, 0) is 0 Å². The summed E-state index contributed by atoms with van der Waals surface area (Å²) in [4.78, 5) is 22.5. The molecule has 0 spiro atoms. The summed E-state index contributed by atoms with van der Waals surface area (Å²) < 4.78 is 0. The van der Waals surface area contributed by atoms with E-state index in [4.69, 9.17) is 5.21 Å². The second-order valence-corrected chi connectivity index (χ2v) is 2.36. The number of carbonyl (C=O) groups excluding carboxylic acids is 2. The van der Waals surface area contributed by atoms with Crippen LogP contribution in [-0.4, -0.2) is 26.7 Å². The maximum Gasteiger partial charge on any atom is 0.208 e. The summed E-state index contributed by atoms with van der Waals surface area (Å²) in [5.74, 6) is -0.727. The van der Waals surface area contributed by atoms with Gasteiger partial charge in [-0.15, -0.1) is 5.10 Å². The molecule has 60 valence electrons. The fourth-order valence-electron chi connectivity index (χ4n) is 1.07. The zero-order valence-electron chi connectivity index (χ0n) is 5.89. The van der Waals surface area contributed by atoms with Gasteiger partial charge in [0, 0.05) is 0 Å². The van der Waals surface area contributed by atoms with Crippen molar-refractivity contribution < 1.29 is 14.8 Å². The van der Waals surface area contributed by atoms with Gasteiger partial charge in [-0.05, 0) is 12.2 Å². The lowest BCUT2D eigenvalue weighted by molar-refractivity contribution is 0.0926. The van der Waals surface area contributed by atoms with Gasteiger partial charge >= 0.3 is 0 Å². The van der Waals surface area contributed by atoms with E-state index < -0.39 is 5.78 Å². The van der Waals surface area contributed by atoms with Crippen LogP contribution in [0, 0.1) is 0 Å². The number of ketones is 2. The minimum absolute atomic E-state index is 0.0671. The molecule has 1 N–H and O–H groups in total. The van der Waals surface area contributed by atoms with Crippen LogP contribution in [0.5, 0.6) is 0 Å². The number of allylic oxidation sites excluding steroid dienone is 2. The van der Waals surface area contributed by atoms with Crippen LogP contribution in [0.1, 0.15) is 20.8 Å². The fourth-order valence-corrected chi connectivity index (χ4v) is 1.07. The molecule has 0 aliphatic heterocycles. The smallest absolute Gasteiger partial charge is 0.208 e. The lowest BCUT2D eigenvalue weighted by atomic mass is 10.0. The summed E-state index contributed by atoms with van der Waals surface area (Å²) in [7, 11) is 0. The highest BCUT2D eigenvalue weighted by atomic mass is 16.5. The van der Waals surface area contributed by atoms with Gasteiger partial charge in [0.1, 0.15) is 0 Å². The van der Waals surface area contributed by atoms with Crippen molar-refractivity contribution in [2.75, 3.05) is 0 Å². The van der Waals surface area contributed by atoms with Crippen LogP contribution in [0.2, 0.25) is 0 Å². The number of hydrogen-bond acceptors (Lipinski definition) is 4. The van der Waals surface area contributed by atoms with E-state index in [1.165, 1.54) is 6.20 Å². The third-order valence-electron chi connectivity index (χ3n) is 1.64. The average Bonchev–Trinajstić information content (AvgIpc) is 2.42. The Morgan fingerprint density at radius 3 is 2.58 bits per heavy atom. The van der Waals surface area contributed by atoms with Crippen molar-refractivity contribution in [3.63, 3.8) is 0 Å². The molecule has 1 aromatic heterocycles. The Labute approximate surface area is 66.9 Å². The van der Waals surface area contributed by atoms with Crippen molar-refractivity contribution in [3.05, 3.63) is 29.6 Å². The molecule has 5 heteroatoms. The van der Waals surface area contributed by atoms with Crippen molar-refractivity contribution in [1.82, 2.24) is 9.94 Å². The van der Waals surface area contributed by atoms with Gasteiger partial charge in [-0.1, -0.05) is 4.85 Å². The molecule has 1 heterocycles. The van der Waals surface area contributed by atoms with Crippen LogP contribution in [0.4, 0.5) is 0 Å². The van der Waals surface area contributed by atoms with E-state index in [1.807, 2.05) is 0 Å². The van der Waals surface area contributed by atoms with Gasteiger partial charge in [-0.2, -0.15) is 0 Å². The summed E-state index contributed by atoms with van der Waals surface area (Å²) in [6.45, 7) is 0. The molecule has 12 heavy (non-hydrogen) atoms. The molecule has 0 saturated carbocycles. The highest BCUT2D eigenvalue weighted by Crippen LogP contribution is 2.14. The standard InChI is InChI=1S/C7H4N2O3/c10-5-1-2-6(11)7-4(5)3-8-9(7)12/h1-3,12H. The number of aromatic nitrogens is 2. The first kappa shape index (κ1) is 6.78. The summed E-state index contributed by atoms with van der Waals surface area (Å²) in [6.07, 6.45) is 3.43. The van der Waals surface area contributed by atoms with Crippen molar-refractivity contribution in [3.8, 4) is 0 Å². The number of nitrogens with zero attached hydrogens (tertiary/aromatic N) is 2. The minimum Gasteiger partial charge on any atom is -0.411 e. The summed E-state index contributed by atoms with van der Waals surface area (Å²) in [5.41, 5.74) is 0.0764. The Bertz CT molecular complexity index is 403. The van der Waals surface area contributed by atoms with Crippen molar-refractivity contribution in [1.29, 1.82) is 0 Å². The van der Waals surface area contributed by atoms with Crippen molar-refractivity contribution in [2.24, 2.45) is 0 Å². The van der Waals surface area contributed by atoms with Gasteiger partial charge in [0.15, 0.2) is 11.5 Å². The third kappa shape index (κ3) is 0.701. The van der Waals surface area contributed by atoms with Gasteiger partial charge in [-0.3, -0.25) is 9.59 Å². The van der Waals surface area contributed by atoms with Crippen LogP contribution >= 0.6 is 0 Å². The zero-order chi connectivity index (χ0) is 8.72. The molecule has 0 unspecified atom stereocenters. The van der Waals surface area contributed by atoms with Crippen LogP contribution in [0.15, 0.2) is 18.3 Å². The molecule has 0 amide bonds. The number of hydrogen-bond donors (Lipinski definition) is 1. The molecule has 0 atom stereocenters. The molecule has 5 nitrogen and oxygen atoms in total. The Balaban J connectivity index is 2.72. The van der Waals surface area contributed by atoms with Crippen molar-refractivity contribution >= 4 is 11.6 Å². The highest BCUT2D eigenvalue weighted by Gasteiger charge is 2.24. The lowest BCUT2D eigenvalue weighted by Gasteiger charge is -2.01. The molecule has 1 aliphatic carbocycles. The number of fused-ring (bicyclic) bond motifs is 1. The van der Waals surface area contributed by atoms with E-state index in [0.29, 0.717) is 4.85 Å². The molecule has 0 aromatic carbocycles. The van der Waals surface area contributed by atoms with E-state index >= 15 is 0 Å². The first-order chi connectivity index (χ1) is 5.70. The van der Waals surface area contributed by atoms with Crippen LogP contribution < -0.4 is 0 Å². The predicted octanol–water partition coefficient (Wildman–Crippen LogP) is 0.0556. The molecule has 1 aliphatic rings. The molecule has 1 aromatic rings. The first-order valence-electron chi connectivity index (χ1n) is 3.24. The third-order valence-corrected chi connectivity index (χ3v) is 1.64. The Morgan fingerprint density at radius 1 is 1.25 bits per heavy atom. The minimum atomic E-state index is -0.412. The Hall–Kier alpha value is -1.91. The summed E-state index contributed by atoms with van der Waals surface area (Å²) in [5, 5.41) is 12.4. The monoisotopic (exact) mass is 164 g/mol. The van der Waals surface area contributed by atoms with Gasteiger partial charge in [0.05, 0.1) is 11.8 Å². The zero-order valence-corrected chi connectivity index (χ0v) is 5.89. The maximum atomic E-state index is 11.1. The fraction of sp³-hybridized carbons (Fsp3) is 0. The molecule has 2 rings (SSSR count). The van der Waals surface area contributed by atoms with Gasteiger partial charge < -0.3 is 5.21 Å². The topological polar surface area (TPSA) is 72.2 Å². The first-order valence-corrected chi connectivity index (χ1v) is 3.24. The molecular weight excluding hydrogens is 160 g/mol.